The summed E-state index contributed by atoms with van der Waals surface area (Å²) in [5, 5.41) is 0. The van der Waals surface area contributed by atoms with Crippen LogP contribution in [0, 0.1) is 5.92 Å². The van der Waals surface area contributed by atoms with Crippen molar-refractivity contribution in [2.75, 3.05) is 26.9 Å². The summed E-state index contributed by atoms with van der Waals surface area (Å²) in [6.45, 7) is 2.20. The van der Waals surface area contributed by atoms with Gasteiger partial charge in [-0.1, -0.05) is 12.1 Å². The van der Waals surface area contributed by atoms with E-state index in [1.807, 2.05) is 24.3 Å². The lowest BCUT2D eigenvalue weighted by Crippen LogP contribution is -2.55. The molecule has 3 fully saturated rings. The molecule has 3 saturated heterocycles. The molecule has 1 aromatic rings. The normalized spacial score (nSPS) is 31.5. The van der Waals surface area contributed by atoms with E-state index in [9.17, 15) is 0 Å². The topological polar surface area (TPSA) is 36.9 Å². The summed E-state index contributed by atoms with van der Waals surface area (Å²) >= 11 is 0. The first-order valence-electron chi connectivity index (χ1n) is 5.84. The summed E-state index contributed by atoms with van der Waals surface area (Å²) < 4.78 is 22.1. The smallest absolute Gasteiger partial charge is 0.287 e. The Balaban J connectivity index is 1.72. The van der Waals surface area contributed by atoms with Gasteiger partial charge in [-0.25, -0.2) is 0 Å². The van der Waals surface area contributed by atoms with Crippen molar-refractivity contribution in [2.24, 2.45) is 5.92 Å². The zero-order chi connectivity index (χ0) is 11.7. The number of hydrogen-bond acceptors (Lipinski definition) is 4. The number of ether oxygens (including phenoxy) is 4. The lowest BCUT2D eigenvalue weighted by molar-refractivity contribution is -0.447. The predicted molar refractivity (Wildman–Crippen MR) is 60.8 cm³/mol. The fourth-order valence-electron chi connectivity index (χ4n) is 2.15. The van der Waals surface area contributed by atoms with Crippen LogP contribution >= 0.6 is 0 Å². The Morgan fingerprint density at radius 3 is 2.24 bits per heavy atom. The third-order valence-electron chi connectivity index (χ3n) is 3.20. The first kappa shape index (κ1) is 11.0. The molecule has 4 nitrogen and oxygen atoms in total. The zero-order valence-corrected chi connectivity index (χ0v) is 9.85. The minimum Gasteiger partial charge on any atom is -0.497 e. The van der Waals surface area contributed by atoms with E-state index in [-0.39, 0.29) is 0 Å². The Morgan fingerprint density at radius 1 is 1.12 bits per heavy atom. The van der Waals surface area contributed by atoms with Crippen molar-refractivity contribution < 1.29 is 18.9 Å². The first-order chi connectivity index (χ1) is 8.30. The van der Waals surface area contributed by atoms with E-state index in [1.54, 1.807) is 7.11 Å². The Bertz CT molecular complexity index is 365. The second kappa shape index (κ2) is 4.29. The molecule has 0 atom stereocenters. The highest BCUT2D eigenvalue weighted by molar-refractivity contribution is 5.27. The monoisotopic (exact) mass is 236 g/mol. The molecule has 3 aliphatic heterocycles. The van der Waals surface area contributed by atoms with Crippen LogP contribution in [0.2, 0.25) is 0 Å². The van der Waals surface area contributed by atoms with Crippen molar-refractivity contribution >= 4 is 0 Å². The minimum absolute atomic E-state index is 0.396. The maximum Gasteiger partial charge on any atom is 0.287 e. The van der Waals surface area contributed by atoms with Gasteiger partial charge in [-0.3, -0.25) is 0 Å². The molecule has 3 aliphatic rings. The van der Waals surface area contributed by atoms with Crippen LogP contribution in [0.4, 0.5) is 0 Å². The molecule has 0 saturated carbocycles. The van der Waals surface area contributed by atoms with Crippen molar-refractivity contribution in [3.8, 4) is 5.75 Å². The van der Waals surface area contributed by atoms with Gasteiger partial charge in [-0.2, -0.15) is 0 Å². The van der Waals surface area contributed by atoms with Crippen LogP contribution in [0.1, 0.15) is 5.56 Å². The molecular formula is C13H16O4. The molecule has 0 N–H and O–H groups in total. The SMILES string of the molecule is COc1ccc(CC23OCC(CO2)CO3)cc1. The van der Waals surface area contributed by atoms with Gasteiger partial charge >= 0.3 is 0 Å². The quantitative estimate of drug-likeness (QED) is 0.798. The van der Waals surface area contributed by atoms with Gasteiger partial charge in [0.1, 0.15) is 5.75 Å². The van der Waals surface area contributed by atoms with Crippen molar-refractivity contribution in [1.82, 2.24) is 0 Å². The van der Waals surface area contributed by atoms with E-state index >= 15 is 0 Å². The molecule has 17 heavy (non-hydrogen) atoms. The molecule has 0 aliphatic carbocycles. The average Bonchev–Trinajstić information content (AvgIpc) is 2.41. The third kappa shape index (κ3) is 2.16. The predicted octanol–water partition coefficient (Wildman–Crippen LogP) is 1.58. The fourth-order valence-corrected chi connectivity index (χ4v) is 2.15. The zero-order valence-electron chi connectivity index (χ0n) is 9.85. The summed E-state index contributed by atoms with van der Waals surface area (Å²) in [6.07, 6.45) is 0.615. The second-order valence-corrected chi connectivity index (χ2v) is 4.51. The van der Waals surface area contributed by atoms with Crippen LogP contribution in [0.5, 0.6) is 5.75 Å². The molecule has 0 unspecified atom stereocenters. The molecule has 1 aromatic carbocycles. The standard InChI is InChI=1S/C13H16O4/c1-14-12-4-2-10(3-5-12)6-13-15-7-11(8-16-13)9-17-13/h2-5,11H,6-9H2,1H3. The second-order valence-electron chi connectivity index (χ2n) is 4.51. The Hall–Kier alpha value is -1.10. The molecule has 0 spiro atoms. The van der Waals surface area contributed by atoms with Gasteiger partial charge in [0.25, 0.3) is 5.97 Å². The number of methoxy groups -OCH3 is 1. The van der Waals surface area contributed by atoms with Crippen molar-refractivity contribution in [2.45, 2.75) is 12.4 Å². The number of rotatable bonds is 3. The van der Waals surface area contributed by atoms with E-state index in [1.165, 1.54) is 0 Å². The Kier molecular flexibility index (Phi) is 2.78. The molecule has 2 bridgehead atoms. The van der Waals surface area contributed by atoms with E-state index in [0.29, 0.717) is 12.3 Å². The Labute approximate surface area is 100 Å². The van der Waals surface area contributed by atoms with Gasteiger partial charge in [0.05, 0.1) is 33.4 Å². The van der Waals surface area contributed by atoms with Gasteiger partial charge in [-0.15, -0.1) is 0 Å². The van der Waals surface area contributed by atoms with Gasteiger partial charge in [0.2, 0.25) is 0 Å². The van der Waals surface area contributed by atoms with E-state index in [0.717, 1.165) is 31.1 Å². The highest BCUT2D eigenvalue weighted by Gasteiger charge is 2.44. The van der Waals surface area contributed by atoms with Crippen LogP contribution in [0.25, 0.3) is 0 Å². The third-order valence-corrected chi connectivity index (χ3v) is 3.20. The molecule has 0 aromatic heterocycles. The van der Waals surface area contributed by atoms with Crippen LogP contribution in [-0.2, 0) is 20.6 Å². The molecule has 92 valence electrons. The summed E-state index contributed by atoms with van der Waals surface area (Å²) in [7, 11) is 1.66. The number of benzene rings is 1. The number of fused-ring (bicyclic) bond motifs is 3. The maximum atomic E-state index is 5.65. The lowest BCUT2D eigenvalue weighted by Gasteiger charge is -2.45. The van der Waals surface area contributed by atoms with E-state index in [4.69, 9.17) is 18.9 Å². The van der Waals surface area contributed by atoms with E-state index < -0.39 is 5.97 Å². The van der Waals surface area contributed by atoms with Crippen LogP contribution in [0.15, 0.2) is 24.3 Å². The van der Waals surface area contributed by atoms with Crippen LogP contribution in [0.3, 0.4) is 0 Å². The highest BCUT2D eigenvalue weighted by Crippen LogP contribution is 2.33. The highest BCUT2D eigenvalue weighted by atomic mass is 16.9. The average molecular weight is 236 g/mol. The molecule has 3 heterocycles. The largest absolute Gasteiger partial charge is 0.497 e. The van der Waals surface area contributed by atoms with Gasteiger partial charge in [0, 0.05) is 5.92 Å². The van der Waals surface area contributed by atoms with Crippen molar-refractivity contribution in [1.29, 1.82) is 0 Å². The number of hydrogen-bond donors (Lipinski definition) is 0. The van der Waals surface area contributed by atoms with Crippen LogP contribution < -0.4 is 4.74 Å². The van der Waals surface area contributed by atoms with Gasteiger partial charge < -0.3 is 18.9 Å². The first-order valence-corrected chi connectivity index (χ1v) is 5.84. The van der Waals surface area contributed by atoms with Crippen molar-refractivity contribution in [3.63, 3.8) is 0 Å². The van der Waals surface area contributed by atoms with Crippen molar-refractivity contribution in [3.05, 3.63) is 29.8 Å². The summed E-state index contributed by atoms with van der Waals surface area (Å²) in [4.78, 5) is 0. The maximum absolute atomic E-state index is 5.65. The van der Waals surface area contributed by atoms with E-state index in [2.05, 4.69) is 0 Å². The fraction of sp³-hybridized carbons (Fsp3) is 0.538. The molecule has 4 rings (SSSR count). The molecule has 0 amide bonds. The summed E-state index contributed by atoms with van der Waals surface area (Å²) in [6, 6.07) is 7.87. The molecular weight excluding hydrogens is 220 g/mol. The van der Waals surface area contributed by atoms with Gasteiger partial charge in [-0.05, 0) is 17.7 Å². The Morgan fingerprint density at radius 2 is 1.71 bits per heavy atom. The minimum atomic E-state index is -0.858. The molecule has 4 heteroatoms. The molecule has 0 radical (unpaired) electrons. The summed E-state index contributed by atoms with van der Waals surface area (Å²) in [5.41, 5.74) is 1.12. The lowest BCUT2D eigenvalue weighted by atomic mass is 10.1. The van der Waals surface area contributed by atoms with Crippen LogP contribution in [-0.4, -0.2) is 32.9 Å². The summed E-state index contributed by atoms with van der Waals surface area (Å²) in [5.74, 6) is 0.387. The van der Waals surface area contributed by atoms with Gasteiger partial charge in [0.15, 0.2) is 0 Å².